The minimum absolute atomic E-state index is 0.0649. The minimum Gasteiger partial charge on any atom is -0.508 e. The number of hydrogen-bond donors (Lipinski definition) is 2. The van der Waals surface area contributed by atoms with E-state index >= 15 is 0 Å². The summed E-state index contributed by atoms with van der Waals surface area (Å²) in [6, 6.07) is 4.99. The standard InChI is InChI=1S/C14H19NO4/c1-9(15(13(18)19)14(2,3)4)12(17)10-5-7-11(16)8-6-10/h5-9,16H,1-4H3,(H,18,19)/t9-/m0/s1. The molecule has 1 rings (SSSR count). The highest BCUT2D eigenvalue weighted by molar-refractivity contribution is 6.01. The van der Waals surface area contributed by atoms with Crippen LogP contribution in [-0.2, 0) is 0 Å². The van der Waals surface area contributed by atoms with Gasteiger partial charge in [0.25, 0.3) is 0 Å². The van der Waals surface area contributed by atoms with Crippen molar-refractivity contribution in [1.29, 1.82) is 0 Å². The third-order valence-corrected chi connectivity index (χ3v) is 2.85. The third-order valence-electron chi connectivity index (χ3n) is 2.85. The second-order valence-corrected chi connectivity index (χ2v) is 5.41. The van der Waals surface area contributed by atoms with Gasteiger partial charge >= 0.3 is 6.09 Å². The molecular weight excluding hydrogens is 246 g/mol. The fourth-order valence-corrected chi connectivity index (χ4v) is 2.02. The minimum atomic E-state index is -1.13. The highest BCUT2D eigenvalue weighted by Gasteiger charge is 2.34. The summed E-state index contributed by atoms with van der Waals surface area (Å²) in [7, 11) is 0. The van der Waals surface area contributed by atoms with E-state index in [1.807, 2.05) is 0 Å². The number of phenols is 1. The van der Waals surface area contributed by atoms with Crippen LogP contribution in [0.15, 0.2) is 24.3 Å². The first-order chi connectivity index (χ1) is 8.64. The molecule has 5 nitrogen and oxygen atoms in total. The van der Waals surface area contributed by atoms with E-state index in [1.165, 1.54) is 24.3 Å². The van der Waals surface area contributed by atoms with Crippen molar-refractivity contribution in [2.45, 2.75) is 39.3 Å². The summed E-state index contributed by atoms with van der Waals surface area (Å²) < 4.78 is 0. The highest BCUT2D eigenvalue weighted by Crippen LogP contribution is 2.21. The summed E-state index contributed by atoms with van der Waals surface area (Å²) in [4.78, 5) is 24.7. The van der Waals surface area contributed by atoms with Crippen molar-refractivity contribution in [2.75, 3.05) is 0 Å². The number of hydrogen-bond acceptors (Lipinski definition) is 3. The number of carboxylic acid groups (broad SMARTS) is 1. The number of carbonyl (C=O) groups is 2. The fraction of sp³-hybridized carbons (Fsp3) is 0.429. The SMILES string of the molecule is C[C@@H](C(=O)c1ccc(O)cc1)N(C(=O)O)C(C)(C)C. The first-order valence-corrected chi connectivity index (χ1v) is 6.00. The molecule has 0 saturated carbocycles. The van der Waals surface area contributed by atoms with Gasteiger partial charge in [-0.15, -0.1) is 0 Å². The normalized spacial score (nSPS) is 12.8. The van der Waals surface area contributed by atoms with Crippen molar-refractivity contribution < 1.29 is 19.8 Å². The fourth-order valence-electron chi connectivity index (χ4n) is 2.02. The van der Waals surface area contributed by atoms with E-state index in [-0.39, 0.29) is 11.5 Å². The van der Waals surface area contributed by atoms with Crippen LogP contribution in [-0.4, -0.2) is 38.6 Å². The van der Waals surface area contributed by atoms with Crippen molar-refractivity contribution in [3.63, 3.8) is 0 Å². The van der Waals surface area contributed by atoms with Gasteiger partial charge in [-0.25, -0.2) is 4.79 Å². The molecule has 0 saturated heterocycles. The van der Waals surface area contributed by atoms with E-state index in [0.29, 0.717) is 5.56 Å². The molecule has 5 heteroatoms. The van der Waals surface area contributed by atoms with Crippen LogP contribution in [0, 0.1) is 0 Å². The van der Waals surface area contributed by atoms with Crippen LogP contribution in [0.5, 0.6) is 5.75 Å². The number of Topliss-reactive ketones (excluding diaryl/α,β-unsaturated/α-hetero) is 1. The summed E-state index contributed by atoms with van der Waals surface area (Å²) in [5, 5.41) is 18.4. The van der Waals surface area contributed by atoms with Crippen molar-refractivity contribution in [1.82, 2.24) is 4.90 Å². The van der Waals surface area contributed by atoms with Gasteiger partial charge < -0.3 is 10.2 Å². The Kier molecular flexibility index (Phi) is 4.19. The van der Waals surface area contributed by atoms with Crippen molar-refractivity contribution >= 4 is 11.9 Å². The summed E-state index contributed by atoms with van der Waals surface area (Å²) in [6.07, 6.45) is -1.13. The smallest absolute Gasteiger partial charge is 0.408 e. The quantitative estimate of drug-likeness (QED) is 0.824. The number of rotatable bonds is 3. The Hall–Kier alpha value is -2.04. The van der Waals surface area contributed by atoms with Crippen LogP contribution in [0.2, 0.25) is 0 Å². The van der Waals surface area contributed by atoms with Gasteiger partial charge in [0.05, 0.1) is 6.04 Å². The van der Waals surface area contributed by atoms with Gasteiger partial charge in [-0.2, -0.15) is 0 Å². The highest BCUT2D eigenvalue weighted by atomic mass is 16.4. The predicted octanol–water partition coefficient (Wildman–Crippen LogP) is 2.74. The van der Waals surface area contributed by atoms with Gasteiger partial charge in [-0.05, 0) is 52.0 Å². The Morgan fingerprint density at radius 2 is 1.63 bits per heavy atom. The molecular formula is C14H19NO4. The zero-order chi connectivity index (χ0) is 14.8. The van der Waals surface area contributed by atoms with E-state index < -0.39 is 17.7 Å². The average Bonchev–Trinajstić information content (AvgIpc) is 2.26. The maximum atomic E-state index is 12.3. The summed E-state index contributed by atoms with van der Waals surface area (Å²) >= 11 is 0. The molecule has 0 aliphatic rings. The zero-order valence-corrected chi connectivity index (χ0v) is 11.5. The Labute approximate surface area is 112 Å². The summed E-state index contributed by atoms with van der Waals surface area (Å²) in [5.74, 6) is -0.229. The van der Waals surface area contributed by atoms with E-state index in [0.717, 1.165) is 4.90 Å². The van der Waals surface area contributed by atoms with Crippen LogP contribution in [0.3, 0.4) is 0 Å². The molecule has 0 aliphatic heterocycles. The second-order valence-electron chi connectivity index (χ2n) is 5.41. The largest absolute Gasteiger partial charge is 0.508 e. The topological polar surface area (TPSA) is 77.8 Å². The molecule has 0 aromatic heterocycles. The van der Waals surface area contributed by atoms with E-state index in [9.17, 15) is 19.8 Å². The van der Waals surface area contributed by atoms with Gasteiger partial charge in [-0.3, -0.25) is 9.69 Å². The van der Waals surface area contributed by atoms with Gasteiger partial charge in [0, 0.05) is 11.1 Å². The molecule has 0 bridgehead atoms. The lowest BCUT2D eigenvalue weighted by Crippen LogP contribution is -2.52. The lowest BCUT2D eigenvalue weighted by atomic mass is 9.98. The van der Waals surface area contributed by atoms with E-state index in [4.69, 9.17) is 0 Å². The van der Waals surface area contributed by atoms with Crippen LogP contribution < -0.4 is 0 Å². The Morgan fingerprint density at radius 3 is 2.00 bits per heavy atom. The molecule has 104 valence electrons. The van der Waals surface area contributed by atoms with Crippen molar-refractivity contribution in [3.8, 4) is 5.75 Å². The van der Waals surface area contributed by atoms with Gasteiger partial charge in [0.1, 0.15) is 5.75 Å². The molecule has 1 aromatic rings. The first kappa shape index (κ1) is 15.0. The van der Waals surface area contributed by atoms with Gasteiger partial charge in [-0.1, -0.05) is 0 Å². The predicted molar refractivity (Wildman–Crippen MR) is 71.5 cm³/mol. The maximum Gasteiger partial charge on any atom is 0.408 e. The molecule has 1 aromatic carbocycles. The third kappa shape index (κ3) is 3.47. The monoisotopic (exact) mass is 265 g/mol. The van der Waals surface area contributed by atoms with Crippen LogP contribution in [0.1, 0.15) is 38.1 Å². The average molecular weight is 265 g/mol. The summed E-state index contributed by atoms with van der Waals surface area (Å²) in [5.41, 5.74) is -0.293. The zero-order valence-electron chi connectivity index (χ0n) is 11.5. The molecule has 1 atom stereocenters. The lowest BCUT2D eigenvalue weighted by molar-refractivity contribution is 0.0589. The first-order valence-electron chi connectivity index (χ1n) is 6.00. The van der Waals surface area contributed by atoms with Gasteiger partial charge in [0.15, 0.2) is 5.78 Å². The number of phenolic OH excluding ortho intramolecular Hbond substituents is 1. The molecule has 0 radical (unpaired) electrons. The molecule has 0 aliphatic carbocycles. The number of carbonyl (C=O) groups excluding carboxylic acids is 1. The van der Waals surface area contributed by atoms with Crippen LogP contribution in [0.25, 0.3) is 0 Å². The number of nitrogens with zero attached hydrogens (tertiary/aromatic N) is 1. The Morgan fingerprint density at radius 1 is 1.16 bits per heavy atom. The molecule has 19 heavy (non-hydrogen) atoms. The number of ketones is 1. The van der Waals surface area contributed by atoms with Crippen LogP contribution in [0.4, 0.5) is 4.79 Å². The molecule has 0 fully saturated rings. The second kappa shape index (κ2) is 5.30. The molecule has 0 spiro atoms. The van der Waals surface area contributed by atoms with Crippen molar-refractivity contribution in [3.05, 3.63) is 29.8 Å². The molecule has 2 N–H and O–H groups in total. The Balaban J connectivity index is 3.04. The number of benzene rings is 1. The number of amides is 1. The lowest BCUT2D eigenvalue weighted by Gasteiger charge is -2.37. The van der Waals surface area contributed by atoms with Gasteiger partial charge in [0.2, 0.25) is 0 Å². The molecule has 0 unspecified atom stereocenters. The Bertz CT molecular complexity index is 473. The molecule has 1 amide bonds. The van der Waals surface area contributed by atoms with E-state index in [1.54, 1.807) is 27.7 Å². The molecule has 0 heterocycles. The number of aromatic hydroxyl groups is 1. The van der Waals surface area contributed by atoms with Crippen molar-refractivity contribution in [2.24, 2.45) is 0 Å². The van der Waals surface area contributed by atoms with E-state index in [2.05, 4.69) is 0 Å². The summed E-state index contributed by atoms with van der Waals surface area (Å²) in [6.45, 7) is 6.78. The van der Waals surface area contributed by atoms with Crippen LogP contribution >= 0.6 is 0 Å². The maximum absolute atomic E-state index is 12.3.